The number of benzene rings is 1. The normalized spacial score (nSPS) is 10.9. The van der Waals surface area contributed by atoms with Crippen LogP contribution >= 0.6 is 0 Å². The Labute approximate surface area is 86.4 Å². The van der Waals surface area contributed by atoms with Gasteiger partial charge in [-0.1, -0.05) is 0 Å². The average molecular weight is 209 g/mol. The molecule has 0 aliphatic carbocycles. The van der Waals surface area contributed by atoms with Gasteiger partial charge in [0, 0.05) is 13.6 Å². The Morgan fingerprint density at radius 1 is 1.53 bits per heavy atom. The van der Waals surface area contributed by atoms with Gasteiger partial charge in [0.2, 0.25) is 5.88 Å². The van der Waals surface area contributed by atoms with Gasteiger partial charge in [-0.3, -0.25) is 4.68 Å². The van der Waals surface area contributed by atoms with Crippen molar-refractivity contribution >= 4 is 10.9 Å². The fraction of sp³-hybridized carbons (Fsp3) is 0.300. The summed E-state index contributed by atoms with van der Waals surface area (Å²) in [6.07, 6.45) is 0. The minimum absolute atomic E-state index is 0.282. The fourth-order valence-corrected chi connectivity index (χ4v) is 1.46. The first-order chi connectivity index (χ1) is 7.22. The molecule has 5 heteroatoms. The number of halogens is 1. The highest BCUT2D eigenvalue weighted by molar-refractivity contribution is 5.84. The molecule has 0 aliphatic heterocycles. The minimum Gasteiger partial charge on any atom is -0.475 e. The molecule has 2 N–H and O–H groups in total. The van der Waals surface area contributed by atoms with E-state index < -0.39 is 0 Å². The summed E-state index contributed by atoms with van der Waals surface area (Å²) < 4.78 is 19.9. The summed E-state index contributed by atoms with van der Waals surface area (Å²) in [4.78, 5) is 0. The molecule has 0 saturated carbocycles. The number of aromatic nitrogens is 2. The van der Waals surface area contributed by atoms with Crippen LogP contribution in [-0.2, 0) is 7.05 Å². The van der Waals surface area contributed by atoms with Crippen LogP contribution in [0.1, 0.15) is 0 Å². The Kier molecular flexibility index (Phi) is 2.55. The molecular weight excluding hydrogens is 197 g/mol. The molecule has 2 aromatic rings. The van der Waals surface area contributed by atoms with Gasteiger partial charge < -0.3 is 10.5 Å². The lowest BCUT2D eigenvalue weighted by atomic mass is 10.2. The zero-order valence-corrected chi connectivity index (χ0v) is 8.40. The summed E-state index contributed by atoms with van der Waals surface area (Å²) in [5, 5.41) is 4.94. The van der Waals surface area contributed by atoms with Crippen molar-refractivity contribution in [1.29, 1.82) is 0 Å². The Morgan fingerprint density at radius 3 is 3.07 bits per heavy atom. The van der Waals surface area contributed by atoms with E-state index in [-0.39, 0.29) is 5.82 Å². The van der Waals surface area contributed by atoms with Crippen LogP contribution in [0.5, 0.6) is 5.88 Å². The lowest BCUT2D eigenvalue weighted by Crippen LogP contribution is -2.11. The zero-order valence-electron chi connectivity index (χ0n) is 8.40. The van der Waals surface area contributed by atoms with Crippen LogP contribution in [0.2, 0.25) is 0 Å². The van der Waals surface area contributed by atoms with Crippen LogP contribution in [0.4, 0.5) is 4.39 Å². The Hall–Kier alpha value is -1.62. The molecule has 0 radical (unpaired) electrons. The molecule has 0 fully saturated rings. The maximum atomic E-state index is 13.0. The van der Waals surface area contributed by atoms with Crippen molar-refractivity contribution in [2.75, 3.05) is 13.2 Å². The van der Waals surface area contributed by atoms with Gasteiger partial charge in [0.25, 0.3) is 0 Å². The summed E-state index contributed by atoms with van der Waals surface area (Å²) in [5.74, 6) is 0.217. The van der Waals surface area contributed by atoms with Gasteiger partial charge in [0.05, 0.1) is 10.9 Å². The number of aryl methyl sites for hydroxylation is 1. The first kappa shape index (κ1) is 9.92. The molecule has 0 bridgehead atoms. The lowest BCUT2D eigenvalue weighted by molar-refractivity contribution is 0.315. The van der Waals surface area contributed by atoms with Crippen molar-refractivity contribution in [3.63, 3.8) is 0 Å². The van der Waals surface area contributed by atoms with Crippen LogP contribution in [0, 0.1) is 5.82 Å². The van der Waals surface area contributed by atoms with Gasteiger partial charge >= 0.3 is 0 Å². The van der Waals surface area contributed by atoms with E-state index >= 15 is 0 Å². The van der Waals surface area contributed by atoms with E-state index in [9.17, 15) is 4.39 Å². The highest BCUT2D eigenvalue weighted by Crippen LogP contribution is 2.24. The molecule has 1 aromatic carbocycles. The van der Waals surface area contributed by atoms with Crippen LogP contribution in [0.15, 0.2) is 18.2 Å². The van der Waals surface area contributed by atoms with Gasteiger partial charge in [0.15, 0.2) is 0 Å². The standard InChI is InChI=1S/C10H12FN3O/c1-14-9-6-7(11)2-3-8(9)10(13-14)15-5-4-12/h2-3,6H,4-5,12H2,1H3. The second-order valence-corrected chi connectivity index (χ2v) is 3.23. The SMILES string of the molecule is Cn1nc(OCCN)c2ccc(F)cc21. The summed E-state index contributed by atoms with van der Waals surface area (Å²) in [7, 11) is 1.75. The van der Waals surface area contributed by atoms with Gasteiger partial charge in [-0.25, -0.2) is 4.39 Å². The summed E-state index contributed by atoms with van der Waals surface area (Å²) in [6.45, 7) is 0.836. The number of nitrogens with two attached hydrogens (primary N) is 1. The molecule has 2 rings (SSSR count). The monoisotopic (exact) mass is 209 g/mol. The number of fused-ring (bicyclic) bond motifs is 1. The predicted molar refractivity (Wildman–Crippen MR) is 55.2 cm³/mol. The molecule has 0 saturated heterocycles. The van der Waals surface area contributed by atoms with Crippen molar-refractivity contribution in [2.45, 2.75) is 0 Å². The zero-order chi connectivity index (χ0) is 10.8. The third-order valence-electron chi connectivity index (χ3n) is 2.14. The van der Waals surface area contributed by atoms with Crippen LogP contribution in [0.25, 0.3) is 10.9 Å². The van der Waals surface area contributed by atoms with Gasteiger partial charge in [0.1, 0.15) is 12.4 Å². The highest BCUT2D eigenvalue weighted by Gasteiger charge is 2.09. The number of ether oxygens (including phenoxy) is 1. The van der Waals surface area contributed by atoms with Crippen molar-refractivity contribution in [3.8, 4) is 5.88 Å². The Morgan fingerprint density at radius 2 is 2.33 bits per heavy atom. The molecule has 1 heterocycles. The van der Waals surface area contributed by atoms with Crippen LogP contribution < -0.4 is 10.5 Å². The van der Waals surface area contributed by atoms with E-state index in [1.165, 1.54) is 12.1 Å². The molecule has 0 amide bonds. The van der Waals surface area contributed by atoms with Crippen molar-refractivity contribution in [3.05, 3.63) is 24.0 Å². The molecular formula is C10H12FN3O. The van der Waals surface area contributed by atoms with Crippen LogP contribution in [0.3, 0.4) is 0 Å². The van der Waals surface area contributed by atoms with E-state index in [4.69, 9.17) is 10.5 Å². The number of rotatable bonds is 3. The Balaban J connectivity index is 2.48. The number of hydrogen-bond acceptors (Lipinski definition) is 3. The van der Waals surface area contributed by atoms with E-state index in [1.807, 2.05) is 0 Å². The smallest absolute Gasteiger partial charge is 0.240 e. The maximum absolute atomic E-state index is 13.0. The maximum Gasteiger partial charge on any atom is 0.240 e. The molecule has 4 nitrogen and oxygen atoms in total. The Bertz CT molecular complexity index is 481. The third-order valence-corrected chi connectivity index (χ3v) is 2.14. The fourth-order valence-electron chi connectivity index (χ4n) is 1.46. The predicted octanol–water partition coefficient (Wildman–Crippen LogP) is 1.05. The molecule has 0 spiro atoms. The first-order valence-electron chi connectivity index (χ1n) is 4.67. The third kappa shape index (κ3) is 1.78. The second kappa shape index (κ2) is 3.86. The van der Waals surface area contributed by atoms with Crippen molar-refractivity contribution in [1.82, 2.24) is 9.78 Å². The molecule has 0 aliphatic rings. The van der Waals surface area contributed by atoms with Gasteiger partial charge in [-0.05, 0) is 18.2 Å². The molecule has 15 heavy (non-hydrogen) atoms. The molecule has 1 aromatic heterocycles. The molecule has 80 valence electrons. The lowest BCUT2D eigenvalue weighted by Gasteiger charge is -1.99. The van der Waals surface area contributed by atoms with Crippen molar-refractivity contribution < 1.29 is 9.13 Å². The summed E-state index contributed by atoms with van der Waals surface area (Å²) in [6, 6.07) is 4.47. The highest BCUT2D eigenvalue weighted by atomic mass is 19.1. The molecule has 0 atom stereocenters. The van der Waals surface area contributed by atoms with Crippen LogP contribution in [-0.4, -0.2) is 22.9 Å². The van der Waals surface area contributed by atoms with Gasteiger partial charge in [-0.2, -0.15) is 0 Å². The van der Waals surface area contributed by atoms with Gasteiger partial charge in [-0.15, -0.1) is 5.10 Å². The first-order valence-corrected chi connectivity index (χ1v) is 4.67. The minimum atomic E-state index is -0.282. The average Bonchev–Trinajstić information content (AvgIpc) is 2.53. The van der Waals surface area contributed by atoms with Crippen molar-refractivity contribution in [2.24, 2.45) is 12.8 Å². The van der Waals surface area contributed by atoms with E-state index in [2.05, 4.69) is 5.10 Å². The number of nitrogens with zero attached hydrogens (tertiary/aromatic N) is 2. The largest absolute Gasteiger partial charge is 0.475 e. The quantitative estimate of drug-likeness (QED) is 0.822. The summed E-state index contributed by atoms with van der Waals surface area (Å²) in [5.41, 5.74) is 6.04. The number of hydrogen-bond donors (Lipinski definition) is 1. The van der Waals surface area contributed by atoms with E-state index in [0.29, 0.717) is 24.5 Å². The molecule has 0 unspecified atom stereocenters. The second-order valence-electron chi connectivity index (χ2n) is 3.23. The van der Waals surface area contributed by atoms with E-state index in [1.54, 1.807) is 17.8 Å². The summed E-state index contributed by atoms with van der Waals surface area (Å²) >= 11 is 0. The topological polar surface area (TPSA) is 53.1 Å². The van der Waals surface area contributed by atoms with E-state index in [0.717, 1.165) is 5.39 Å².